The summed E-state index contributed by atoms with van der Waals surface area (Å²) in [7, 11) is 0. The second-order valence-electron chi connectivity index (χ2n) is 4.40. The maximum absolute atomic E-state index is 11.2. The average Bonchev–Trinajstić information content (AvgIpc) is 2.87. The second-order valence-corrected chi connectivity index (χ2v) is 5.18. The number of likely N-dealkylation sites (tertiary alicyclic amines) is 1. The van der Waals surface area contributed by atoms with E-state index in [0.29, 0.717) is 12.1 Å². The summed E-state index contributed by atoms with van der Waals surface area (Å²) in [4.78, 5) is 13.1. The van der Waals surface area contributed by atoms with Gasteiger partial charge in [-0.25, -0.2) is 0 Å². The van der Waals surface area contributed by atoms with Crippen molar-refractivity contribution >= 4 is 17.2 Å². The Kier molecular flexibility index (Phi) is 3.61. The monoisotopic (exact) mass is 238 g/mol. The van der Waals surface area contributed by atoms with Crippen molar-refractivity contribution < 1.29 is 4.79 Å². The van der Waals surface area contributed by atoms with Gasteiger partial charge in [0.1, 0.15) is 0 Å². The predicted octanol–water partition coefficient (Wildman–Crippen LogP) is 2.02. The van der Waals surface area contributed by atoms with Crippen LogP contribution in [-0.2, 0) is 4.79 Å². The fraction of sp³-hybridized carbons (Fsp3) is 0.583. The van der Waals surface area contributed by atoms with Crippen LogP contribution in [0.15, 0.2) is 16.8 Å². The van der Waals surface area contributed by atoms with Crippen molar-refractivity contribution in [2.75, 3.05) is 13.1 Å². The molecular formula is C12H18N2OS. The van der Waals surface area contributed by atoms with Crippen LogP contribution in [0.2, 0.25) is 0 Å². The van der Waals surface area contributed by atoms with Crippen molar-refractivity contribution in [2.24, 2.45) is 0 Å². The van der Waals surface area contributed by atoms with E-state index in [9.17, 15) is 4.79 Å². The number of carbonyl (C=O) groups excluding carboxylic acids is 1. The van der Waals surface area contributed by atoms with Gasteiger partial charge in [-0.1, -0.05) is 0 Å². The van der Waals surface area contributed by atoms with E-state index < -0.39 is 0 Å². The largest absolute Gasteiger partial charge is 0.341 e. The third kappa shape index (κ3) is 2.62. The fourth-order valence-corrected chi connectivity index (χ4v) is 2.91. The summed E-state index contributed by atoms with van der Waals surface area (Å²) < 4.78 is 0. The Hall–Kier alpha value is -0.870. The smallest absolute Gasteiger partial charge is 0.219 e. The topological polar surface area (TPSA) is 32.3 Å². The number of nitrogens with one attached hydrogen (secondary N) is 1. The maximum Gasteiger partial charge on any atom is 0.219 e. The van der Waals surface area contributed by atoms with E-state index in [4.69, 9.17) is 0 Å². The molecular weight excluding hydrogens is 220 g/mol. The minimum Gasteiger partial charge on any atom is -0.341 e. The van der Waals surface area contributed by atoms with Crippen LogP contribution in [0, 0.1) is 0 Å². The Labute approximate surface area is 100 Å². The lowest BCUT2D eigenvalue weighted by atomic mass is 10.1. The Morgan fingerprint density at radius 2 is 2.50 bits per heavy atom. The molecule has 1 aliphatic heterocycles. The molecule has 1 fully saturated rings. The Bertz CT molecular complexity index is 350. The molecule has 1 amide bonds. The number of hydrogen-bond acceptors (Lipinski definition) is 3. The van der Waals surface area contributed by atoms with Crippen LogP contribution in [-0.4, -0.2) is 29.9 Å². The number of thiophene rings is 1. The Balaban J connectivity index is 1.85. The molecule has 3 nitrogen and oxygen atoms in total. The summed E-state index contributed by atoms with van der Waals surface area (Å²) in [5, 5.41) is 7.86. The summed E-state index contributed by atoms with van der Waals surface area (Å²) in [6.45, 7) is 5.57. The predicted molar refractivity (Wildman–Crippen MR) is 66.5 cm³/mol. The lowest BCUT2D eigenvalue weighted by molar-refractivity contribution is -0.127. The molecule has 0 radical (unpaired) electrons. The molecule has 88 valence electrons. The highest BCUT2D eigenvalue weighted by molar-refractivity contribution is 7.07. The first-order chi connectivity index (χ1) is 7.66. The van der Waals surface area contributed by atoms with E-state index in [0.717, 1.165) is 19.5 Å². The van der Waals surface area contributed by atoms with Gasteiger partial charge in [-0.15, -0.1) is 0 Å². The molecule has 2 unspecified atom stereocenters. The summed E-state index contributed by atoms with van der Waals surface area (Å²) in [5.74, 6) is 0.187. The van der Waals surface area contributed by atoms with Gasteiger partial charge in [0.15, 0.2) is 0 Å². The van der Waals surface area contributed by atoms with Crippen LogP contribution in [0.4, 0.5) is 0 Å². The molecule has 0 spiro atoms. The highest BCUT2D eigenvalue weighted by Crippen LogP contribution is 2.18. The molecule has 2 rings (SSSR count). The van der Waals surface area contributed by atoms with E-state index in [-0.39, 0.29) is 5.91 Å². The lowest BCUT2D eigenvalue weighted by Crippen LogP contribution is -2.35. The zero-order valence-electron chi connectivity index (χ0n) is 9.77. The Morgan fingerprint density at radius 1 is 1.69 bits per heavy atom. The number of rotatable bonds is 3. The molecule has 0 saturated carbocycles. The van der Waals surface area contributed by atoms with Gasteiger partial charge in [0.2, 0.25) is 5.91 Å². The molecule has 1 saturated heterocycles. The summed E-state index contributed by atoms with van der Waals surface area (Å²) >= 11 is 1.73. The van der Waals surface area contributed by atoms with Crippen molar-refractivity contribution in [1.29, 1.82) is 0 Å². The van der Waals surface area contributed by atoms with E-state index in [1.54, 1.807) is 18.3 Å². The molecule has 2 heterocycles. The van der Waals surface area contributed by atoms with E-state index in [1.165, 1.54) is 5.56 Å². The molecule has 0 aromatic carbocycles. The average molecular weight is 238 g/mol. The number of hydrogen-bond donors (Lipinski definition) is 1. The minimum absolute atomic E-state index is 0.187. The van der Waals surface area contributed by atoms with Crippen LogP contribution >= 0.6 is 11.3 Å². The van der Waals surface area contributed by atoms with Gasteiger partial charge in [-0.05, 0) is 35.7 Å². The summed E-state index contributed by atoms with van der Waals surface area (Å²) in [6.07, 6.45) is 1.06. The van der Waals surface area contributed by atoms with Gasteiger partial charge in [0, 0.05) is 32.1 Å². The number of nitrogens with zero attached hydrogens (tertiary/aromatic N) is 1. The summed E-state index contributed by atoms with van der Waals surface area (Å²) in [6, 6.07) is 2.97. The normalized spacial score (nSPS) is 22.4. The fourth-order valence-electron chi connectivity index (χ4n) is 2.15. The van der Waals surface area contributed by atoms with Gasteiger partial charge in [0.25, 0.3) is 0 Å². The molecule has 4 heteroatoms. The van der Waals surface area contributed by atoms with E-state index >= 15 is 0 Å². The first-order valence-electron chi connectivity index (χ1n) is 5.70. The zero-order chi connectivity index (χ0) is 11.5. The molecule has 0 aliphatic carbocycles. The highest BCUT2D eigenvalue weighted by atomic mass is 32.1. The molecule has 1 aromatic heterocycles. The molecule has 16 heavy (non-hydrogen) atoms. The van der Waals surface area contributed by atoms with Crippen LogP contribution in [0.1, 0.15) is 31.9 Å². The lowest BCUT2D eigenvalue weighted by Gasteiger charge is -2.19. The van der Waals surface area contributed by atoms with Crippen molar-refractivity contribution in [2.45, 2.75) is 32.4 Å². The van der Waals surface area contributed by atoms with Crippen LogP contribution in [0.5, 0.6) is 0 Å². The van der Waals surface area contributed by atoms with Gasteiger partial charge in [-0.2, -0.15) is 11.3 Å². The molecule has 2 atom stereocenters. The summed E-state index contributed by atoms with van der Waals surface area (Å²) in [5.41, 5.74) is 1.34. The SMILES string of the molecule is CC(=O)N1CCC(NC(C)c2ccsc2)C1. The third-order valence-electron chi connectivity index (χ3n) is 3.16. The molecule has 0 bridgehead atoms. The van der Waals surface area contributed by atoms with Gasteiger partial charge < -0.3 is 10.2 Å². The molecule has 1 aromatic rings. The van der Waals surface area contributed by atoms with E-state index in [1.807, 2.05) is 4.90 Å². The molecule has 1 aliphatic rings. The van der Waals surface area contributed by atoms with E-state index in [2.05, 4.69) is 29.1 Å². The van der Waals surface area contributed by atoms with Gasteiger partial charge in [0.05, 0.1) is 0 Å². The number of carbonyl (C=O) groups is 1. The maximum atomic E-state index is 11.2. The van der Waals surface area contributed by atoms with Crippen LogP contribution in [0.25, 0.3) is 0 Å². The minimum atomic E-state index is 0.187. The van der Waals surface area contributed by atoms with Crippen molar-refractivity contribution in [3.8, 4) is 0 Å². The molecule has 1 N–H and O–H groups in total. The Morgan fingerprint density at radius 3 is 3.06 bits per heavy atom. The van der Waals surface area contributed by atoms with Crippen molar-refractivity contribution in [1.82, 2.24) is 10.2 Å². The van der Waals surface area contributed by atoms with Crippen molar-refractivity contribution in [3.05, 3.63) is 22.4 Å². The van der Waals surface area contributed by atoms with Crippen molar-refractivity contribution in [3.63, 3.8) is 0 Å². The first kappa shape index (κ1) is 11.6. The van der Waals surface area contributed by atoms with Gasteiger partial charge in [-0.3, -0.25) is 4.79 Å². The quantitative estimate of drug-likeness (QED) is 0.873. The highest BCUT2D eigenvalue weighted by Gasteiger charge is 2.25. The van der Waals surface area contributed by atoms with Crippen LogP contribution < -0.4 is 5.32 Å². The number of amides is 1. The van der Waals surface area contributed by atoms with Gasteiger partial charge >= 0.3 is 0 Å². The standard InChI is InChI=1S/C12H18N2OS/c1-9(11-4-6-16-8-11)13-12-3-5-14(7-12)10(2)15/h4,6,8-9,12-13H,3,5,7H2,1-2H3. The second kappa shape index (κ2) is 4.97. The van der Waals surface area contributed by atoms with Crippen LogP contribution in [0.3, 0.4) is 0 Å². The first-order valence-corrected chi connectivity index (χ1v) is 6.64. The zero-order valence-corrected chi connectivity index (χ0v) is 10.6. The third-order valence-corrected chi connectivity index (χ3v) is 3.86.